The van der Waals surface area contributed by atoms with E-state index in [-0.39, 0.29) is 12.7 Å². The molecule has 0 radical (unpaired) electrons. The number of benzene rings is 2. The summed E-state index contributed by atoms with van der Waals surface area (Å²) in [6.45, 7) is 0.521. The van der Waals surface area contributed by atoms with E-state index < -0.39 is 0 Å². The first-order valence-electron chi connectivity index (χ1n) is 6.55. The molecule has 0 bridgehead atoms. The quantitative estimate of drug-likeness (QED) is 0.860. The molecule has 2 rings (SSSR count). The monoisotopic (exact) mass is 291 g/mol. The average Bonchev–Trinajstić information content (AvgIpc) is 2.47. The minimum absolute atomic E-state index is 0.147. The topological polar surface area (TPSA) is 55.5 Å². The summed E-state index contributed by atoms with van der Waals surface area (Å²) in [5.41, 5.74) is 7.81. The zero-order chi connectivity index (χ0) is 14.4. The second kappa shape index (κ2) is 7.29. The van der Waals surface area contributed by atoms with E-state index in [0.717, 1.165) is 16.9 Å². The van der Waals surface area contributed by atoms with Crippen LogP contribution in [0.1, 0.15) is 17.2 Å². The van der Waals surface area contributed by atoms with E-state index in [1.165, 1.54) is 0 Å². The number of hydrogen-bond acceptors (Lipinski definition) is 3. The van der Waals surface area contributed by atoms with Gasteiger partial charge in [-0.3, -0.25) is 0 Å². The van der Waals surface area contributed by atoms with Gasteiger partial charge in [-0.2, -0.15) is 0 Å². The Morgan fingerprint density at radius 3 is 2.50 bits per heavy atom. The van der Waals surface area contributed by atoms with E-state index >= 15 is 0 Å². The molecule has 1 atom stereocenters. The van der Waals surface area contributed by atoms with Crippen molar-refractivity contribution in [2.45, 2.75) is 12.5 Å². The summed E-state index contributed by atoms with van der Waals surface area (Å²) >= 11 is 5.98. The van der Waals surface area contributed by atoms with E-state index in [1.54, 1.807) is 0 Å². The van der Waals surface area contributed by atoms with Crippen LogP contribution >= 0.6 is 11.6 Å². The van der Waals surface area contributed by atoms with Crippen LogP contribution in [0.2, 0.25) is 5.02 Å². The molecule has 0 spiro atoms. The first kappa shape index (κ1) is 14.9. The molecule has 2 aromatic rings. The molecule has 3 N–H and O–H groups in total. The van der Waals surface area contributed by atoms with Gasteiger partial charge in [-0.05, 0) is 41.8 Å². The molecule has 0 saturated heterocycles. The Morgan fingerprint density at radius 2 is 1.90 bits per heavy atom. The molecule has 1 unspecified atom stereocenters. The van der Waals surface area contributed by atoms with Crippen LogP contribution in [0.4, 0.5) is 0 Å². The van der Waals surface area contributed by atoms with E-state index in [4.69, 9.17) is 27.2 Å². The first-order chi connectivity index (χ1) is 9.72. The van der Waals surface area contributed by atoms with Gasteiger partial charge in [0.15, 0.2) is 0 Å². The summed E-state index contributed by atoms with van der Waals surface area (Å²) < 4.78 is 5.89. The molecule has 0 aliphatic heterocycles. The summed E-state index contributed by atoms with van der Waals surface area (Å²) in [4.78, 5) is 0. The van der Waals surface area contributed by atoms with Crippen molar-refractivity contribution in [1.29, 1.82) is 0 Å². The highest BCUT2D eigenvalue weighted by molar-refractivity contribution is 6.30. The largest absolute Gasteiger partial charge is 0.484 e. The molecule has 0 heterocycles. The van der Waals surface area contributed by atoms with Gasteiger partial charge in [0, 0.05) is 18.2 Å². The van der Waals surface area contributed by atoms with E-state index in [2.05, 4.69) is 0 Å². The maximum atomic E-state index is 8.89. The second-order valence-corrected chi connectivity index (χ2v) is 4.95. The van der Waals surface area contributed by atoms with Crippen LogP contribution in [0.3, 0.4) is 0 Å². The first-order valence-corrected chi connectivity index (χ1v) is 6.92. The summed E-state index contributed by atoms with van der Waals surface area (Å²) in [5, 5.41) is 9.56. The maximum Gasteiger partial charge on any atom is 0.136 e. The minimum atomic E-state index is -0.225. The number of aliphatic hydroxyl groups excluding tert-OH is 1. The van der Waals surface area contributed by atoms with Crippen LogP contribution in [-0.4, -0.2) is 18.3 Å². The summed E-state index contributed by atoms with van der Waals surface area (Å²) in [6, 6.07) is 15.2. The second-order valence-electron chi connectivity index (χ2n) is 4.51. The molecule has 0 aliphatic rings. The lowest BCUT2D eigenvalue weighted by Crippen LogP contribution is -2.18. The lowest BCUT2D eigenvalue weighted by Gasteiger charge is -2.18. The van der Waals surface area contributed by atoms with E-state index in [1.807, 2.05) is 48.5 Å². The van der Waals surface area contributed by atoms with Gasteiger partial charge in [-0.1, -0.05) is 35.9 Å². The molecular weight excluding hydrogens is 274 g/mol. The van der Waals surface area contributed by atoms with Crippen molar-refractivity contribution >= 4 is 11.6 Å². The van der Waals surface area contributed by atoms with Gasteiger partial charge in [-0.25, -0.2) is 0 Å². The Morgan fingerprint density at radius 1 is 1.15 bits per heavy atom. The molecule has 0 aliphatic carbocycles. The van der Waals surface area contributed by atoms with Crippen molar-refractivity contribution in [3.63, 3.8) is 0 Å². The number of aliphatic hydroxyl groups is 1. The van der Waals surface area contributed by atoms with Crippen molar-refractivity contribution in [3.8, 4) is 5.75 Å². The summed E-state index contributed by atoms with van der Waals surface area (Å²) in [6.07, 6.45) is 0.423. The predicted molar refractivity (Wildman–Crippen MR) is 81.1 cm³/mol. The van der Waals surface area contributed by atoms with E-state index in [0.29, 0.717) is 18.0 Å². The van der Waals surface area contributed by atoms with Crippen LogP contribution < -0.4 is 10.5 Å². The van der Waals surface area contributed by atoms with Crippen molar-refractivity contribution in [2.75, 3.05) is 13.2 Å². The van der Waals surface area contributed by atoms with Crippen molar-refractivity contribution in [2.24, 2.45) is 5.73 Å². The Bertz CT molecular complexity index is 542. The molecule has 0 aromatic heterocycles. The third-order valence-electron chi connectivity index (χ3n) is 3.04. The van der Waals surface area contributed by atoms with Gasteiger partial charge in [0.1, 0.15) is 11.9 Å². The Balaban J connectivity index is 2.09. The standard InChI is InChI=1S/C16H18ClNO2/c17-14-3-1-2-13(10-14)16(11-18)20-15-6-4-12(5-7-15)8-9-19/h1-7,10,16,19H,8-9,11,18H2. The van der Waals surface area contributed by atoms with Crippen LogP contribution in [0.15, 0.2) is 48.5 Å². The summed E-state index contributed by atoms with van der Waals surface area (Å²) in [7, 11) is 0. The molecule has 2 aromatic carbocycles. The fourth-order valence-electron chi connectivity index (χ4n) is 1.99. The highest BCUT2D eigenvalue weighted by Crippen LogP contribution is 2.23. The molecule has 20 heavy (non-hydrogen) atoms. The van der Waals surface area contributed by atoms with Crippen molar-refractivity contribution in [3.05, 3.63) is 64.7 Å². The highest BCUT2D eigenvalue weighted by Gasteiger charge is 2.11. The normalized spacial score (nSPS) is 12.2. The zero-order valence-corrected chi connectivity index (χ0v) is 11.9. The van der Waals surface area contributed by atoms with Gasteiger partial charge in [0.2, 0.25) is 0 Å². The number of halogens is 1. The van der Waals surface area contributed by atoms with Crippen molar-refractivity contribution in [1.82, 2.24) is 0 Å². The lowest BCUT2D eigenvalue weighted by molar-refractivity contribution is 0.214. The SMILES string of the molecule is NCC(Oc1ccc(CCO)cc1)c1cccc(Cl)c1. The molecule has 0 amide bonds. The fourth-order valence-corrected chi connectivity index (χ4v) is 2.19. The Hall–Kier alpha value is -1.55. The van der Waals surface area contributed by atoms with Gasteiger partial charge < -0.3 is 15.6 Å². The van der Waals surface area contributed by atoms with Crippen LogP contribution in [0.25, 0.3) is 0 Å². The smallest absolute Gasteiger partial charge is 0.136 e. The van der Waals surface area contributed by atoms with Gasteiger partial charge in [0.05, 0.1) is 0 Å². The van der Waals surface area contributed by atoms with Gasteiger partial charge >= 0.3 is 0 Å². The number of hydrogen-bond donors (Lipinski definition) is 2. The molecule has 0 fully saturated rings. The Kier molecular flexibility index (Phi) is 5.41. The average molecular weight is 292 g/mol. The molecule has 106 valence electrons. The number of ether oxygens (including phenoxy) is 1. The van der Waals surface area contributed by atoms with Gasteiger partial charge in [0.25, 0.3) is 0 Å². The fraction of sp³-hybridized carbons (Fsp3) is 0.250. The molecular formula is C16H18ClNO2. The van der Waals surface area contributed by atoms with E-state index in [9.17, 15) is 0 Å². The third kappa shape index (κ3) is 3.97. The van der Waals surface area contributed by atoms with Crippen molar-refractivity contribution < 1.29 is 9.84 Å². The minimum Gasteiger partial charge on any atom is -0.484 e. The Labute approximate surface area is 123 Å². The number of nitrogens with two attached hydrogens (primary N) is 1. The number of rotatable bonds is 6. The maximum absolute atomic E-state index is 8.89. The molecule has 3 nitrogen and oxygen atoms in total. The summed E-state index contributed by atoms with van der Waals surface area (Å²) in [5.74, 6) is 0.752. The molecule has 0 saturated carbocycles. The highest BCUT2D eigenvalue weighted by atomic mass is 35.5. The van der Waals surface area contributed by atoms with Crippen LogP contribution in [0, 0.1) is 0 Å². The predicted octanol–water partition coefficient (Wildman–Crippen LogP) is 2.95. The van der Waals surface area contributed by atoms with Crippen LogP contribution in [-0.2, 0) is 6.42 Å². The third-order valence-corrected chi connectivity index (χ3v) is 3.27. The van der Waals surface area contributed by atoms with Gasteiger partial charge in [-0.15, -0.1) is 0 Å². The van der Waals surface area contributed by atoms with Crippen LogP contribution in [0.5, 0.6) is 5.75 Å². The molecule has 4 heteroatoms. The zero-order valence-electron chi connectivity index (χ0n) is 11.1. The lowest BCUT2D eigenvalue weighted by atomic mass is 10.1.